The first-order valence-corrected chi connectivity index (χ1v) is 6.94. The number of nitrogens with two attached hydrogens (primary N) is 1. The maximum absolute atomic E-state index is 12.3. The zero-order chi connectivity index (χ0) is 13.7. The molecule has 0 bridgehead atoms. The molecule has 19 heavy (non-hydrogen) atoms. The van der Waals surface area contributed by atoms with Crippen molar-refractivity contribution in [2.75, 3.05) is 24.7 Å². The van der Waals surface area contributed by atoms with Crippen molar-refractivity contribution in [1.82, 2.24) is 0 Å². The van der Waals surface area contributed by atoms with Gasteiger partial charge in [0.2, 0.25) is 5.91 Å². The van der Waals surface area contributed by atoms with E-state index >= 15 is 0 Å². The van der Waals surface area contributed by atoms with Crippen LogP contribution in [0.25, 0.3) is 0 Å². The summed E-state index contributed by atoms with van der Waals surface area (Å²) >= 11 is 0. The summed E-state index contributed by atoms with van der Waals surface area (Å²) in [6.45, 7) is 3.86. The molecule has 4 heteroatoms. The number of nitrogens with zero attached hydrogens (tertiary/aromatic N) is 1. The predicted molar refractivity (Wildman–Crippen MR) is 76.2 cm³/mol. The van der Waals surface area contributed by atoms with Crippen LogP contribution in [-0.2, 0) is 16.0 Å². The van der Waals surface area contributed by atoms with Crippen molar-refractivity contribution in [3.05, 3.63) is 29.8 Å². The lowest BCUT2D eigenvalue weighted by Gasteiger charge is -2.33. The van der Waals surface area contributed by atoms with Crippen molar-refractivity contribution in [1.29, 1.82) is 0 Å². The summed E-state index contributed by atoms with van der Waals surface area (Å²) in [5.41, 5.74) is 8.19. The Kier molecular flexibility index (Phi) is 4.93. The summed E-state index contributed by atoms with van der Waals surface area (Å²) in [7, 11) is 0. The number of amides is 1. The van der Waals surface area contributed by atoms with Gasteiger partial charge in [-0.15, -0.1) is 0 Å². The fourth-order valence-electron chi connectivity index (χ4n) is 2.40. The zero-order valence-electron chi connectivity index (χ0n) is 11.5. The minimum Gasteiger partial charge on any atom is -0.381 e. The van der Waals surface area contributed by atoms with Gasteiger partial charge in [-0.25, -0.2) is 0 Å². The molecule has 1 aromatic rings. The third kappa shape index (κ3) is 3.55. The first kappa shape index (κ1) is 14.0. The van der Waals surface area contributed by atoms with Gasteiger partial charge in [-0.2, -0.15) is 0 Å². The number of para-hydroxylation sites is 1. The average Bonchev–Trinajstić information content (AvgIpc) is 2.42. The normalized spacial score (nSPS) is 18.2. The average molecular weight is 262 g/mol. The largest absolute Gasteiger partial charge is 0.381 e. The minimum atomic E-state index is 0.0235. The topological polar surface area (TPSA) is 55.6 Å². The second kappa shape index (κ2) is 6.68. The van der Waals surface area contributed by atoms with Crippen LogP contribution in [0, 0.1) is 0 Å². The summed E-state index contributed by atoms with van der Waals surface area (Å²) in [5, 5.41) is 0. The Bertz CT molecular complexity index is 434. The van der Waals surface area contributed by atoms with Crippen LogP contribution in [0.5, 0.6) is 0 Å². The Labute approximate surface area is 114 Å². The molecule has 1 aromatic carbocycles. The molecule has 2 rings (SSSR count). The zero-order valence-corrected chi connectivity index (χ0v) is 11.5. The lowest BCUT2D eigenvalue weighted by atomic mass is 9.98. The van der Waals surface area contributed by atoms with E-state index in [9.17, 15) is 4.79 Å². The van der Waals surface area contributed by atoms with Gasteiger partial charge >= 0.3 is 0 Å². The van der Waals surface area contributed by atoms with Crippen LogP contribution < -0.4 is 10.6 Å². The van der Waals surface area contributed by atoms with E-state index in [1.807, 2.05) is 24.3 Å². The van der Waals surface area contributed by atoms with Gasteiger partial charge in [-0.1, -0.05) is 25.1 Å². The highest BCUT2D eigenvalue weighted by molar-refractivity contribution is 5.94. The van der Waals surface area contributed by atoms with Gasteiger partial charge in [-0.3, -0.25) is 4.79 Å². The molecule has 1 aliphatic heterocycles. The van der Waals surface area contributed by atoms with Crippen LogP contribution in [0.1, 0.15) is 25.3 Å². The first-order chi connectivity index (χ1) is 9.22. The molecule has 104 valence electrons. The van der Waals surface area contributed by atoms with Crippen molar-refractivity contribution in [3.63, 3.8) is 0 Å². The number of benzene rings is 1. The summed E-state index contributed by atoms with van der Waals surface area (Å²) in [6, 6.07) is 8.01. The standard InChI is InChI=1S/C15H22N2O2/c1-2-8-19-9-7-15(18)17-11-13(16)10-12-5-3-4-6-14(12)17/h3-6,13H,2,7-11,16H2,1H3. The highest BCUT2D eigenvalue weighted by Gasteiger charge is 2.25. The summed E-state index contributed by atoms with van der Waals surface area (Å²) in [6.07, 6.45) is 2.24. The fourth-order valence-corrected chi connectivity index (χ4v) is 2.40. The fraction of sp³-hybridized carbons (Fsp3) is 0.533. The van der Waals surface area contributed by atoms with E-state index in [0.29, 0.717) is 26.2 Å². The Morgan fingerprint density at radius 2 is 2.21 bits per heavy atom. The van der Waals surface area contributed by atoms with Crippen LogP contribution in [0.2, 0.25) is 0 Å². The van der Waals surface area contributed by atoms with Gasteiger partial charge in [0.25, 0.3) is 0 Å². The van der Waals surface area contributed by atoms with E-state index in [1.165, 1.54) is 0 Å². The van der Waals surface area contributed by atoms with Crippen molar-refractivity contribution in [2.24, 2.45) is 5.73 Å². The second-order valence-corrected chi connectivity index (χ2v) is 4.96. The monoisotopic (exact) mass is 262 g/mol. The van der Waals surface area contributed by atoms with Crippen LogP contribution in [0.3, 0.4) is 0 Å². The predicted octanol–water partition coefficient (Wildman–Crippen LogP) is 1.72. The van der Waals surface area contributed by atoms with E-state index in [1.54, 1.807) is 4.90 Å². The van der Waals surface area contributed by atoms with Gasteiger partial charge in [0.1, 0.15) is 0 Å². The molecule has 0 spiro atoms. The van der Waals surface area contributed by atoms with E-state index in [4.69, 9.17) is 10.5 Å². The van der Waals surface area contributed by atoms with E-state index in [0.717, 1.165) is 24.1 Å². The minimum absolute atomic E-state index is 0.0235. The molecule has 0 radical (unpaired) electrons. The molecule has 0 fully saturated rings. The number of hydrogen-bond acceptors (Lipinski definition) is 3. The van der Waals surface area contributed by atoms with Gasteiger partial charge in [-0.05, 0) is 24.5 Å². The Morgan fingerprint density at radius 3 is 3.00 bits per heavy atom. The van der Waals surface area contributed by atoms with Crippen LogP contribution in [0.4, 0.5) is 5.69 Å². The number of carbonyl (C=O) groups is 1. The highest BCUT2D eigenvalue weighted by atomic mass is 16.5. The molecule has 0 aliphatic carbocycles. The van der Waals surface area contributed by atoms with Gasteiger partial charge < -0.3 is 15.4 Å². The summed E-state index contributed by atoms with van der Waals surface area (Å²) in [5.74, 6) is 0.0960. The highest BCUT2D eigenvalue weighted by Crippen LogP contribution is 2.26. The Balaban J connectivity index is 2.01. The smallest absolute Gasteiger partial charge is 0.229 e. The molecule has 2 N–H and O–H groups in total. The number of carbonyl (C=O) groups excluding carboxylic acids is 1. The maximum atomic E-state index is 12.3. The number of rotatable bonds is 5. The maximum Gasteiger partial charge on any atom is 0.229 e. The molecular weight excluding hydrogens is 240 g/mol. The third-order valence-corrected chi connectivity index (χ3v) is 3.29. The van der Waals surface area contributed by atoms with Gasteiger partial charge in [0, 0.05) is 24.9 Å². The lowest BCUT2D eigenvalue weighted by molar-refractivity contribution is -0.119. The Hall–Kier alpha value is -1.39. The third-order valence-electron chi connectivity index (χ3n) is 3.29. The van der Waals surface area contributed by atoms with E-state index in [-0.39, 0.29) is 11.9 Å². The van der Waals surface area contributed by atoms with Gasteiger partial charge in [0.15, 0.2) is 0 Å². The van der Waals surface area contributed by atoms with Crippen molar-refractivity contribution in [2.45, 2.75) is 32.2 Å². The molecule has 1 unspecified atom stereocenters. The summed E-state index contributed by atoms with van der Waals surface area (Å²) in [4.78, 5) is 14.1. The molecule has 0 aromatic heterocycles. The molecule has 1 atom stereocenters. The van der Waals surface area contributed by atoms with Crippen molar-refractivity contribution in [3.8, 4) is 0 Å². The first-order valence-electron chi connectivity index (χ1n) is 6.94. The van der Waals surface area contributed by atoms with Crippen molar-refractivity contribution >= 4 is 11.6 Å². The molecule has 1 amide bonds. The van der Waals surface area contributed by atoms with E-state index < -0.39 is 0 Å². The molecule has 1 aliphatic rings. The number of anilines is 1. The molecule has 0 saturated carbocycles. The molecular formula is C15H22N2O2. The molecule has 0 saturated heterocycles. The lowest BCUT2D eigenvalue weighted by Crippen LogP contribution is -2.46. The molecule has 1 heterocycles. The van der Waals surface area contributed by atoms with Crippen LogP contribution >= 0.6 is 0 Å². The van der Waals surface area contributed by atoms with Crippen molar-refractivity contribution < 1.29 is 9.53 Å². The SMILES string of the molecule is CCCOCCC(=O)N1CC(N)Cc2ccccc21. The molecule has 4 nitrogen and oxygen atoms in total. The Morgan fingerprint density at radius 1 is 1.42 bits per heavy atom. The van der Waals surface area contributed by atoms with E-state index in [2.05, 4.69) is 6.92 Å². The number of ether oxygens (including phenoxy) is 1. The van der Waals surface area contributed by atoms with Crippen LogP contribution in [-0.4, -0.2) is 31.7 Å². The quantitative estimate of drug-likeness (QED) is 0.822. The number of hydrogen-bond donors (Lipinski definition) is 1. The van der Waals surface area contributed by atoms with Gasteiger partial charge in [0.05, 0.1) is 13.0 Å². The number of fused-ring (bicyclic) bond motifs is 1. The summed E-state index contributed by atoms with van der Waals surface area (Å²) < 4.78 is 5.38. The van der Waals surface area contributed by atoms with Crippen LogP contribution in [0.15, 0.2) is 24.3 Å². The second-order valence-electron chi connectivity index (χ2n) is 4.96.